The van der Waals surface area contributed by atoms with Gasteiger partial charge < -0.3 is 9.30 Å². The van der Waals surface area contributed by atoms with Crippen LogP contribution >= 0.6 is 0 Å². The predicted octanol–water partition coefficient (Wildman–Crippen LogP) is 1.61. The molecule has 2 rings (SSSR count). The minimum Gasteiger partial charge on any atom is -0.381 e. The minimum atomic E-state index is -3.74. The van der Waals surface area contributed by atoms with Gasteiger partial charge in [-0.3, -0.25) is 0 Å². The Hall–Kier alpha value is -0.920. The first-order valence-electron chi connectivity index (χ1n) is 7.09. The molecule has 114 valence electrons. The van der Waals surface area contributed by atoms with Crippen LogP contribution in [-0.4, -0.2) is 31.2 Å². The summed E-state index contributed by atoms with van der Waals surface area (Å²) < 4.78 is 30.4. The lowest BCUT2D eigenvalue weighted by molar-refractivity contribution is 0.0525. The van der Waals surface area contributed by atoms with Crippen molar-refractivity contribution in [3.63, 3.8) is 0 Å². The maximum Gasteiger partial charge on any atom is 0.257 e. The van der Waals surface area contributed by atoms with Crippen LogP contribution in [0.1, 0.15) is 50.9 Å². The lowest BCUT2D eigenvalue weighted by Crippen LogP contribution is -2.25. The summed E-state index contributed by atoms with van der Waals surface area (Å²) in [6.07, 6.45) is 7.56. The van der Waals surface area contributed by atoms with Gasteiger partial charge in [0, 0.05) is 25.8 Å². The van der Waals surface area contributed by atoms with E-state index in [9.17, 15) is 8.42 Å². The monoisotopic (exact) mass is 301 g/mol. The summed E-state index contributed by atoms with van der Waals surface area (Å²) in [5, 5.41) is 5.16. The van der Waals surface area contributed by atoms with Gasteiger partial charge in [0.1, 0.15) is 5.82 Å². The molecule has 1 fully saturated rings. The van der Waals surface area contributed by atoms with Crippen LogP contribution in [0.3, 0.4) is 0 Å². The Morgan fingerprint density at radius 2 is 2.25 bits per heavy atom. The molecule has 0 amide bonds. The molecule has 7 heteroatoms. The molecule has 0 bridgehead atoms. The van der Waals surface area contributed by atoms with Crippen LogP contribution in [-0.2, 0) is 21.2 Å². The van der Waals surface area contributed by atoms with Crippen LogP contribution in [0.2, 0.25) is 0 Å². The van der Waals surface area contributed by atoms with E-state index in [0.717, 1.165) is 44.3 Å². The molecule has 1 heterocycles. The molecule has 2 atom stereocenters. The van der Waals surface area contributed by atoms with Crippen LogP contribution < -0.4 is 5.14 Å². The average molecular weight is 301 g/mol. The van der Waals surface area contributed by atoms with Crippen molar-refractivity contribution in [1.82, 2.24) is 9.55 Å². The van der Waals surface area contributed by atoms with Gasteiger partial charge in [0.15, 0.2) is 5.03 Å². The van der Waals surface area contributed by atoms with Crippen molar-refractivity contribution < 1.29 is 13.2 Å². The molecule has 0 aliphatic heterocycles. The van der Waals surface area contributed by atoms with Crippen LogP contribution in [0.25, 0.3) is 0 Å². The van der Waals surface area contributed by atoms with E-state index in [1.54, 1.807) is 13.3 Å². The number of imidazole rings is 1. The fourth-order valence-electron chi connectivity index (χ4n) is 2.86. The quantitative estimate of drug-likeness (QED) is 0.895. The summed E-state index contributed by atoms with van der Waals surface area (Å²) in [5.74, 6) is 0.804. The van der Waals surface area contributed by atoms with Gasteiger partial charge in [0.05, 0.1) is 6.10 Å². The topological polar surface area (TPSA) is 87.2 Å². The maximum absolute atomic E-state index is 11.5. The van der Waals surface area contributed by atoms with E-state index in [1.807, 2.05) is 4.57 Å². The van der Waals surface area contributed by atoms with Crippen molar-refractivity contribution in [2.45, 2.75) is 62.6 Å². The Kier molecular flexibility index (Phi) is 4.82. The molecule has 1 aliphatic carbocycles. The lowest BCUT2D eigenvalue weighted by atomic mass is 9.92. The number of methoxy groups -OCH3 is 1. The van der Waals surface area contributed by atoms with Gasteiger partial charge in [0.2, 0.25) is 0 Å². The number of nitrogens with zero attached hydrogens (tertiary/aromatic N) is 2. The number of nitrogens with two attached hydrogens (primary N) is 1. The number of hydrogen-bond donors (Lipinski definition) is 1. The SMILES string of the molecule is CCCc1nc(S(N)(=O)=O)cn1C1CCCC(OC)C1. The second kappa shape index (κ2) is 6.24. The molecular weight excluding hydrogens is 278 g/mol. The van der Waals surface area contributed by atoms with Crippen molar-refractivity contribution in [2.75, 3.05) is 7.11 Å². The molecule has 0 radical (unpaired) electrons. The standard InChI is InChI=1S/C13H23N3O3S/c1-3-5-12-15-13(20(14,17)18)9-16(12)10-6-4-7-11(8-10)19-2/h9-11H,3-8H2,1-2H3,(H2,14,17,18). The summed E-state index contributed by atoms with van der Waals surface area (Å²) in [4.78, 5) is 4.21. The highest BCUT2D eigenvalue weighted by molar-refractivity contribution is 7.89. The molecule has 0 spiro atoms. The maximum atomic E-state index is 11.5. The van der Waals surface area contributed by atoms with Gasteiger partial charge in [-0.1, -0.05) is 6.92 Å². The molecule has 2 N–H and O–H groups in total. The summed E-state index contributed by atoms with van der Waals surface area (Å²) in [6, 6.07) is 0.248. The van der Waals surface area contributed by atoms with Gasteiger partial charge in [0.25, 0.3) is 10.0 Å². The van der Waals surface area contributed by atoms with Gasteiger partial charge in [-0.25, -0.2) is 18.5 Å². The lowest BCUT2D eigenvalue weighted by Gasteiger charge is -2.30. The Balaban J connectivity index is 2.31. The van der Waals surface area contributed by atoms with Crippen LogP contribution in [0, 0.1) is 0 Å². The molecule has 1 aliphatic rings. The largest absolute Gasteiger partial charge is 0.381 e. The summed E-state index contributed by atoms with van der Waals surface area (Å²) in [6.45, 7) is 2.05. The van der Waals surface area contributed by atoms with E-state index >= 15 is 0 Å². The Morgan fingerprint density at radius 1 is 1.50 bits per heavy atom. The van der Waals surface area contributed by atoms with Gasteiger partial charge >= 0.3 is 0 Å². The molecule has 6 nitrogen and oxygen atoms in total. The number of rotatable bonds is 5. The van der Waals surface area contributed by atoms with Gasteiger partial charge in [-0.2, -0.15) is 0 Å². The molecule has 1 aromatic heterocycles. The Morgan fingerprint density at radius 3 is 2.85 bits per heavy atom. The molecule has 0 saturated heterocycles. The van der Waals surface area contributed by atoms with Crippen LogP contribution in [0.15, 0.2) is 11.2 Å². The predicted molar refractivity (Wildman–Crippen MR) is 75.9 cm³/mol. The van der Waals surface area contributed by atoms with Gasteiger partial charge in [-0.15, -0.1) is 0 Å². The van der Waals surface area contributed by atoms with E-state index in [-0.39, 0.29) is 17.2 Å². The first-order valence-corrected chi connectivity index (χ1v) is 8.63. The molecular formula is C13H23N3O3S. The number of aryl methyl sites for hydroxylation is 1. The van der Waals surface area contributed by atoms with Gasteiger partial charge in [-0.05, 0) is 32.1 Å². The van der Waals surface area contributed by atoms with Crippen molar-refractivity contribution in [1.29, 1.82) is 0 Å². The summed E-state index contributed by atoms with van der Waals surface area (Å²) >= 11 is 0. The zero-order chi connectivity index (χ0) is 14.8. The molecule has 1 saturated carbocycles. The smallest absolute Gasteiger partial charge is 0.257 e. The second-order valence-electron chi connectivity index (χ2n) is 5.38. The van der Waals surface area contributed by atoms with Crippen molar-refractivity contribution in [3.8, 4) is 0 Å². The highest BCUT2D eigenvalue weighted by atomic mass is 32.2. The third kappa shape index (κ3) is 3.39. The van der Waals surface area contributed by atoms with E-state index in [1.165, 1.54) is 0 Å². The second-order valence-corrected chi connectivity index (χ2v) is 6.88. The number of aromatic nitrogens is 2. The fraction of sp³-hybridized carbons (Fsp3) is 0.769. The number of ether oxygens (including phenoxy) is 1. The Bertz CT molecular complexity index is 553. The normalized spacial score (nSPS) is 23.9. The fourth-order valence-corrected chi connectivity index (χ4v) is 3.35. The van der Waals surface area contributed by atoms with Crippen molar-refractivity contribution in [2.24, 2.45) is 5.14 Å². The third-order valence-corrected chi connectivity index (χ3v) is 4.66. The highest BCUT2D eigenvalue weighted by Gasteiger charge is 2.26. The van der Waals surface area contributed by atoms with Crippen LogP contribution in [0.5, 0.6) is 0 Å². The van der Waals surface area contributed by atoms with E-state index in [4.69, 9.17) is 9.88 Å². The first kappa shape index (κ1) is 15.5. The average Bonchev–Trinajstić information content (AvgIpc) is 2.83. The minimum absolute atomic E-state index is 0.0273. The third-order valence-electron chi connectivity index (χ3n) is 3.88. The van der Waals surface area contributed by atoms with Crippen molar-refractivity contribution >= 4 is 10.0 Å². The van der Waals surface area contributed by atoms with E-state index in [0.29, 0.717) is 0 Å². The molecule has 2 unspecified atom stereocenters. The summed E-state index contributed by atoms with van der Waals surface area (Å²) in [7, 11) is -2.02. The number of sulfonamides is 1. The zero-order valence-electron chi connectivity index (χ0n) is 12.1. The van der Waals surface area contributed by atoms with E-state index in [2.05, 4.69) is 11.9 Å². The summed E-state index contributed by atoms with van der Waals surface area (Å²) in [5.41, 5.74) is 0. The highest BCUT2D eigenvalue weighted by Crippen LogP contribution is 2.31. The van der Waals surface area contributed by atoms with E-state index < -0.39 is 10.0 Å². The first-order chi connectivity index (χ1) is 9.45. The Labute approximate surface area is 120 Å². The zero-order valence-corrected chi connectivity index (χ0v) is 12.9. The molecule has 20 heavy (non-hydrogen) atoms. The number of hydrogen-bond acceptors (Lipinski definition) is 4. The van der Waals surface area contributed by atoms with Crippen molar-refractivity contribution in [3.05, 3.63) is 12.0 Å². The van der Waals surface area contributed by atoms with Crippen LogP contribution in [0.4, 0.5) is 0 Å². The molecule has 0 aromatic carbocycles. The number of primary sulfonamides is 1. The molecule has 1 aromatic rings.